The molecule has 1 saturated carbocycles. The summed E-state index contributed by atoms with van der Waals surface area (Å²) < 4.78 is 29.2. The van der Waals surface area contributed by atoms with Crippen LogP contribution in [0, 0.1) is 29.6 Å². The molecule has 2 bridgehead atoms. The van der Waals surface area contributed by atoms with Crippen LogP contribution >= 0.6 is 11.6 Å². The summed E-state index contributed by atoms with van der Waals surface area (Å²) in [4.78, 5) is 33.4. The largest absolute Gasteiger partial charge is 0.388 e. The molecule has 0 aromatic rings. The quantitative estimate of drug-likeness (QED) is 0.256. The van der Waals surface area contributed by atoms with Gasteiger partial charge in [0.2, 0.25) is 5.91 Å². The van der Waals surface area contributed by atoms with E-state index in [2.05, 4.69) is 55.1 Å². The summed E-state index contributed by atoms with van der Waals surface area (Å²) in [6.07, 6.45) is 0.0529. The number of alkyl halides is 2. The van der Waals surface area contributed by atoms with Crippen molar-refractivity contribution in [3.8, 4) is 0 Å². The maximum Gasteiger partial charge on any atom is 0.320 e. The van der Waals surface area contributed by atoms with Crippen LogP contribution in [-0.4, -0.2) is 137 Å². The predicted molar refractivity (Wildman–Crippen MR) is 182 cm³/mol. The molecule has 6 aliphatic rings. The van der Waals surface area contributed by atoms with Crippen LogP contribution in [0.4, 0.5) is 9.18 Å². The molecular weight excluding hydrogens is 639 g/mol. The lowest BCUT2D eigenvalue weighted by molar-refractivity contribution is -0.164. The highest BCUT2D eigenvalue weighted by atomic mass is 35.5. The smallest absolute Gasteiger partial charge is 0.320 e. The molecule has 272 valence electrons. The Labute approximate surface area is 290 Å². The van der Waals surface area contributed by atoms with Crippen LogP contribution in [0.2, 0.25) is 0 Å². The van der Waals surface area contributed by atoms with E-state index >= 15 is 4.39 Å². The molecule has 3 amide bonds. The zero-order valence-corrected chi connectivity index (χ0v) is 30.0. The number of nitrogens with one attached hydrogen (secondary N) is 3. The monoisotopic (exact) mass is 696 g/mol. The maximum absolute atomic E-state index is 16.4. The Balaban J connectivity index is 1.44. The Bertz CT molecular complexity index is 1170. The summed E-state index contributed by atoms with van der Waals surface area (Å²) in [7, 11) is 0. The highest BCUT2D eigenvalue weighted by Crippen LogP contribution is 2.45. The van der Waals surface area contributed by atoms with E-state index in [1.807, 2.05) is 16.7 Å². The van der Waals surface area contributed by atoms with Gasteiger partial charge >= 0.3 is 6.03 Å². The molecule has 4 N–H and O–H groups in total. The number of halogens is 2. The minimum Gasteiger partial charge on any atom is -0.388 e. The first-order valence-corrected chi connectivity index (χ1v) is 18.8. The first-order chi connectivity index (χ1) is 23.0. The van der Waals surface area contributed by atoms with Gasteiger partial charge in [0.15, 0.2) is 0 Å². The van der Waals surface area contributed by atoms with Gasteiger partial charge in [0.25, 0.3) is 0 Å². The van der Waals surface area contributed by atoms with Gasteiger partial charge in [0.1, 0.15) is 12.3 Å². The summed E-state index contributed by atoms with van der Waals surface area (Å²) >= 11 is 6.63. The second-order valence-corrected chi connectivity index (χ2v) is 16.1. The third-order valence-electron chi connectivity index (χ3n) is 12.4. The third-order valence-corrected chi connectivity index (χ3v) is 12.8. The van der Waals surface area contributed by atoms with E-state index in [-0.39, 0.29) is 72.5 Å². The normalized spacial score (nSPS) is 45.7. The standard InChI is InChI=1S/C35H58ClFN6O5/c1-7-26(45)41-13-14-42(20(6)16-41)33-22-15-19(5)30-27-25(10-9-23(36)28(27)37)48-17-24(44)32(47-8-2)21-11-12-38-29(18(3)4)31(21)43(34(22)39-30)35(46)40-33/h7,18-25,27-34,38-39,44H,1,8-17H2,2-6H3,(H,40,46)/t19?,20-,21?,22?,23?,24?,25?,27?,28?,29?,30?,31?,32?,33?,34?/m0/s1. The average Bonchev–Trinajstić information content (AvgIpc) is 3.06. The second kappa shape index (κ2) is 15.0. The van der Waals surface area contributed by atoms with Gasteiger partial charge in [-0.2, -0.15) is 0 Å². The summed E-state index contributed by atoms with van der Waals surface area (Å²) in [6.45, 7) is 17.1. The molecule has 48 heavy (non-hydrogen) atoms. The van der Waals surface area contributed by atoms with E-state index in [9.17, 15) is 14.7 Å². The topological polar surface area (TPSA) is 119 Å². The Hall–Kier alpha value is -1.54. The number of urea groups is 1. The van der Waals surface area contributed by atoms with Crippen LogP contribution in [0.15, 0.2) is 12.7 Å². The predicted octanol–water partition coefficient (Wildman–Crippen LogP) is 2.52. The van der Waals surface area contributed by atoms with E-state index < -0.39 is 41.9 Å². The number of carbonyl (C=O) groups is 2. The van der Waals surface area contributed by atoms with Gasteiger partial charge < -0.3 is 35.0 Å². The first-order valence-electron chi connectivity index (χ1n) is 18.4. The van der Waals surface area contributed by atoms with Crippen molar-refractivity contribution >= 4 is 23.5 Å². The fraction of sp³-hybridized carbons (Fsp3) is 0.886. The van der Waals surface area contributed by atoms with E-state index in [4.69, 9.17) is 21.1 Å². The molecule has 5 saturated heterocycles. The van der Waals surface area contributed by atoms with E-state index in [1.165, 1.54) is 6.08 Å². The molecule has 6 rings (SSSR count). The van der Waals surface area contributed by atoms with Crippen LogP contribution in [-0.2, 0) is 14.3 Å². The highest BCUT2D eigenvalue weighted by Gasteiger charge is 2.58. The van der Waals surface area contributed by atoms with Gasteiger partial charge in [-0.3, -0.25) is 15.0 Å². The van der Waals surface area contributed by atoms with Gasteiger partial charge in [-0.25, -0.2) is 9.18 Å². The Kier molecular flexibility index (Phi) is 11.3. The number of hydrogen-bond donors (Lipinski definition) is 4. The molecule has 13 heteroatoms. The summed E-state index contributed by atoms with van der Waals surface area (Å²) in [5.41, 5.74) is 0. The number of carbonyl (C=O) groups excluding carboxylic acids is 2. The van der Waals surface area contributed by atoms with Gasteiger partial charge in [-0.1, -0.05) is 27.4 Å². The molecule has 0 spiro atoms. The molecule has 14 unspecified atom stereocenters. The summed E-state index contributed by atoms with van der Waals surface area (Å²) in [5.74, 6) is -0.553. The molecule has 0 aromatic carbocycles. The molecule has 11 nitrogen and oxygen atoms in total. The number of amides is 3. The van der Waals surface area contributed by atoms with E-state index in [0.29, 0.717) is 39.1 Å². The highest BCUT2D eigenvalue weighted by molar-refractivity contribution is 6.21. The van der Waals surface area contributed by atoms with Gasteiger partial charge in [0.05, 0.1) is 42.6 Å². The van der Waals surface area contributed by atoms with Gasteiger partial charge in [0, 0.05) is 62.1 Å². The van der Waals surface area contributed by atoms with Gasteiger partial charge in [-0.05, 0) is 64.0 Å². The Morgan fingerprint density at radius 3 is 2.67 bits per heavy atom. The number of piperidine rings is 2. The van der Waals surface area contributed by atoms with Crippen LogP contribution in [0.1, 0.15) is 60.3 Å². The van der Waals surface area contributed by atoms with Crippen molar-refractivity contribution < 1.29 is 28.6 Å². The van der Waals surface area contributed by atoms with Crippen molar-refractivity contribution in [2.75, 3.05) is 39.4 Å². The van der Waals surface area contributed by atoms with Gasteiger partial charge in [-0.15, -0.1) is 11.6 Å². The third kappa shape index (κ3) is 6.64. The lowest BCUT2D eigenvalue weighted by Crippen LogP contribution is -2.80. The Morgan fingerprint density at radius 1 is 1.21 bits per heavy atom. The zero-order chi connectivity index (χ0) is 34.4. The van der Waals surface area contributed by atoms with Crippen molar-refractivity contribution in [2.24, 2.45) is 29.6 Å². The molecule has 0 aromatic heterocycles. The van der Waals surface area contributed by atoms with Crippen LogP contribution < -0.4 is 16.0 Å². The lowest BCUT2D eigenvalue weighted by atomic mass is 9.69. The van der Waals surface area contributed by atoms with Crippen molar-refractivity contribution in [3.63, 3.8) is 0 Å². The van der Waals surface area contributed by atoms with Crippen molar-refractivity contribution in [1.82, 2.24) is 30.7 Å². The number of fused-ring (bicyclic) bond motifs is 5. The number of rotatable bonds is 5. The summed E-state index contributed by atoms with van der Waals surface area (Å²) in [6, 6.07) is -0.807. The fourth-order valence-corrected chi connectivity index (χ4v) is 10.5. The number of aliphatic hydroxyl groups is 1. The van der Waals surface area contributed by atoms with Crippen LogP contribution in [0.3, 0.4) is 0 Å². The number of hydrogen-bond acceptors (Lipinski definition) is 8. The molecule has 6 fully saturated rings. The van der Waals surface area contributed by atoms with Crippen molar-refractivity contribution in [2.45, 2.75) is 127 Å². The minimum atomic E-state index is -1.30. The zero-order valence-electron chi connectivity index (χ0n) is 29.3. The number of aliphatic hydroxyl groups excluding tert-OH is 1. The summed E-state index contributed by atoms with van der Waals surface area (Å²) in [5, 5.41) is 22.2. The molecule has 15 atom stereocenters. The fourth-order valence-electron chi connectivity index (χ4n) is 10.2. The van der Waals surface area contributed by atoms with E-state index in [0.717, 1.165) is 19.4 Å². The molecule has 0 radical (unpaired) electrons. The van der Waals surface area contributed by atoms with Crippen molar-refractivity contribution in [1.29, 1.82) is 0 Å². The van der Waals surface area contributed by atoms with E-state index in [1.54, 1.807) is 0 Å². The Morgan fingerprint density at radius 2 is 1.98 bits per heavy atom. The molecular formula is C35H58ClFN6O5. The number of nitrogens with zero attached hydrogens (tertiary/aromatic N) is 3. The maximum atomic E-state index is 16.4. The number of piperazine rings is 1. The average molecular weight is 697 g/mol. The lowest BCUT2D eigenvalue weighted by Gasteiger charge is -2.61. The first kappa shape index (κ1) is 36.3. The van der Waals surface area contributed by atoms with Crippen LogP contribution in [0.25, 0.3) is 0 Å². The number of ether oxygens (including phenoxy) is 2. The molecule has 1 aliphatic carbocycles. The van der Waals surface area contributed by atoms with Crippen LogP contribution in [0.5, 0.6) is 0 Å². The minimum absolute atomic E-state index is 0.00659. The SMILES string of the molecule is C=CC(=O)N1CCN(C2NC(=O)N3C4NC(C(C)CC42)C2C(CCC(Cl)C2F)OCC(O)C(OCC)C2CCNC(C(C)C)C23)[C@@H](C)C1. The second-order valence-electron chi connectivity index (χ2n) is 15.5. The van der Waals surface area contributed by atoms with Crippen molar-refractivity contribution in [3.05, 3.63) is 12.7 Å². The molecule has 5 aliphatic heterocycles. The molecule has 5 heterocycles.